The Bertz CT molecular complexity index is 54.0. The van der Waals surface area contributed by atoms with Crippen LogP contribution < -0.4 is 166 Å². The molecule has 0 aliphatic rings. The average molecular weight is 323 g/mol. The van der Waals surface area contributed by atoms with Crippen molar-refractivity contribution in [2.45, 2.75) is 13.3 Å². The quantitative estimate of drug-likeness (QED) is 0.372. The van der Waals surface area contributed by atoms with E-state index in [2.05, 4.69) is 33.8 Å². The van der Waals surface area contributed by atoms with Gasteiger partial charge in [-0.25, -0.2) is 0 Å². The van der Waals surface area contributed by atoms with Crippen LogP contribution in [0.3, 0.4) is 0 Å². The summed E-state index contributed by atoms with van der Waals surface area (Å²) < 4.78 is 0. The predicted octanol–water partition coefficient (Wildman–Crippen LogP) is -8.22. The first-order valence-electron chi connectivity index (χ1n) is 4.44. The van der Waals surface area contributed by atoms with Crippen molar-refractivity contribution in [2.75, 3.05) is 34.7 Å². The second-order valence-corrected chi connectivity index (χ2v) is 2.95. The average Bonchev–Trinajstić information content (AvgIpc) is 2.05. The standard InChI is InChI=1S/2C3H8N.C3H9N.CH4N.3K/c2*1-4(2)3;1-2-3-4;1-2;;;/h2*1H2,2-3H3;2-4H2,1H3;1-2H2;;;/q2*-1;;-1;3*+1. The molecule has 0 aromatic rings. The molecule has 92 valence electrons. The normalized spacial score (nSPS) is 6.35. The predicted molar refractivity (Wildman–Crippen MR) is 67.0 cm³/mol. The molecule has 0 radical (unpaired) electrons. The summed E-state index contributed by atoms with van der Waals surface area (Å²) in [4.78, 5) is 3.50. The molecular formula is C10H29K3N4. The van der Waals surface area contributed by atoms with Crippen molar-refractivity contribution in [1.82, 2.24) is 9.80 Å². The van der Waals surface area contributed by atoms with Gasteiger partial charge >= 0.3 is 154 Å². The molecule has 0 heterocycles. The summed E-state index contributed by atoms with van der Waals surface area (Å²) >= 11 is 0. The van der Waals surface area contributed by atoms with E-state index in [1.54, 1.807) is 9.80 Å². The minimum Gasteiger partial charge on any atom is -0.486 e. The summed E-state index contributed by atoms with van der Waals surface area (Å²) in [6, 6.07) is 0. The summed E-state index contributed by atoms with van der Waals surface area (Å²) in [5.74, 6) is 0. The molecule has 0 aliphatic heterocycles. The van der Waals surface area contributed by atoms with Crippen molar-refractivity contribution in [3.63, 3.8) is 0 Å². The zero-order valence-corrected chi connectivity index (χ0v) is 23.0. The Labute approximate surface area is 238 Å². The number of hydrogen-bond donors (Lipinski definition) is 2. The molecule has 0 fully saturated rings. The van der Waals surface area contributed by atoms with Gasteiger partial charge in [-0.2, -0.15) is 0 Å². The fourth-order valence-corrected chi connectivity index (χ4v) is 0. The zero-order valence-electron chi connectivity index (χ0n) is 13.6. The van der Waals surface area contributed by atoms with Crippen LogP contribution in [0, 0.1) is 21.1 Å². The van der Waals surface area contributed by atoms with Crippen LogP contribution in [0.15, 0.2) is 0 Å². The molecule has 0 saturated heterocycles. The topological polar surface area (TPSA) is 58.5 Å². The van der Waals surface area contributed by atoms with E-state index >= 15 is 0 Å². The van der Waals surface area contributed by atoms with Gasteiger partial charge in [-0.15, -0.1) is 0 Å². The molecule has 7 heteroatoms. The van der Waals surface area contributed by atoms with Gasteiger partial charge in [0.25, 0.3) is 0 Å². The molecule has 0 aromatic carbocycles. The largest absolute Gasteiger partial charge is 1.00 e. The van der Waals surface area contributed by atoms with Gasteiger partial charge in [-0.3, -0.25) is 21.1 Å². The van der Waals surface area contributed by atoms with Crippen molar-refractivity contribution < 1.29 is 154 Å². The fraction of sp³-hybridized carbons (Fsp3) is 0.700. The molecule has 0 aromatic heterocycles. The molecule has 4 N–H and O–H groups in total. The minimum absolute atomic E-state index is 0. The number of nitrogens with zero attached hydrogens (tertiary/aromatic N) is 2. The Balaban J connectivity index is -0.0000000152. The third kappa shape index (κ3) is 221. The number of rotatable bonds is 1. The SMILES string of the molecule is CCCN.[CH2-]N.[CH2-]N(C)C.[CH2-]N(C)C.[K+].[K+].[K+]. The van der Waals surface area contributed by atoms with Crippen LogP contribution in [0.25, 0.3) is 0 Å². The molecule has 0 bridgehead atoms. The van der Waals surface area contributed by atoms with Gasteiger partial charge in [0, 0.05) is 0 Å². The van der Waals surface area contributed by atoms with Gasteiger partial charge in [-0.05, 0) is 41.2 Å². The van der Waals surface area contributed by atoms with Gasteiger partial charge in [-0.1, -0.05) is 6.92 Å². The first-order valence-corrected chi connectivity index (χ1v) is 4.44. The van der Waals surface area contributed by atoms with Gasteiger partial charge < -0.3 is 21.3 Å². The molecule has 0 atom stereocenters. The summed E-state index contributed by atoms with van der Waals surface area (Å²) in [5, 5.41) is 0. The summed E-state index contributed by atoms with van der Waals surface area (Å²) in [6.45, 7) is 2.88. The first-order chi connectivity index (χ1) is 6.38. The van der Waals surface area contributed by atoms with E-state index in [1.165, 1.54) is 0 Å². The Morgan fingerprint density at radius 2 is 0.882 bits per heavy atom. The van der Waals surface area contributed by atoms with Crippen molar-refractivity contribution >= 4 is 0 Å². The minimum atomic E-state index is 0. The molecule has 4 nitrogen and oxygen atoms in total. The second-order valence-electron chi connectivity index (χ2n) is 2.95. The van der Waals surface area contributed by atoms with Crippen molar-refractivity contribution in [2.24, 2.45) is 11.5 Å². The summed E-state index contributed by atoms with van der Waals surface area (Å²) in [5.41, 5.74) is 9.28. The maximum atomic E-state index is 5.03. The monoisotopic (exact) mass is 322 g/mol. The maximum absolute atomic E-state index is 5.03. The number of hydrogen-bond acceptors (Lipinski definition) is 4. The van der Waals surface area contributed by atoms with Crippen LogP contribution in [0.1, 0.15) is 13.3 Å². The molecule has 17 heavy (non-hydrogen) atoms. The number of nitrogens with two attached hydrogens (primary N) is 2. The van der Waals surface area contributed by atoms with E-state index in [9.17, 15) is 0 Å². The Morgan fingerprint density at radius 3 is 0.882 bits per heavy atom. The van der Waals surface area contributed by atoms with Crippen molar-refractivity contribution in [1.29, 1.82) is 0 Å². The van der Waals surface area contributed by atoms with Gasteiger partial charge in [0.1, 0.15) is 0 Å². The third-order valence-electron chi connectivity index (χ3n) is 0.289. The summed E-state index contributed by atoms with van der Waals surface area (Å²) in [7, 11) is 17.2. The van der Waals surface area contributed by atoms with Crippen LogP contribution in [-0.4, -0.2) is 44.5 Å². The fourth-order valence-electron chi connectivity index (χ4n) is 0. The Morgan fingerprint density at radius 1 is 0.824 bits per heavy atom. The molecule has 0 amide bonds. The van der Waals surface area contributed by atoms with Crippen molar-refractivity contribution in [3.05, 3.63) is 21.1 Å². The molecule has 0 rings (SSSR count). The van der Waals surface area contributed by atoms with Crippen LogP contribution in [-0.2, 0) is 0 Å². The molecule has 0 spiro atoms. The van der Waals surface area contributed by atoms with Crippen LogP contribution in [0.2, 0.25) is 0 Å². The van der Waals surface area contributed by atoms with E-state index in [0.29, 0.717) is 0 Å². The van der Waals surface area contributed by atoms with Gasteiger partial charge in [0.15, 0.2) is 0 Å². The molecule has 0 saturated carbocycles. The molecule has 0 unspecified atom stereocenters. The van der Waals surface area contributed by atoms with Crippen molar-refractivity contribution in [3.8, 4) is 0 Å². The second kappa shape index (κ2) is 49.8. The van der Waals surface area contributed by atoms with E-state index in [4.69, 9.17) is 5.73 Å². The van der Waals surface area contributed by atoms with E-state index in [1.807, 2.05) is 28.2 Å². The molecule has 0 aliphatic carbocycles. The Hall–Kier alpha value is 4.75. The van der Waals surface area contributed by atoms with Gasteiger partial charge in [0.2, 0.25) is 0 Å². The Kier molecular flexibility index (Phi) is 126. The first kappa shape index (κ1) is 43.0. The van der Waals surface area contributed by atoms with E-state index in [-0.39, 0.29) is 154 Å². The smallest absolute Gasteiger partial charge is 0.486 e. The summed E-state index contributed by atoms with van der Waals surface area (Å²) in [6.07, 6.45) is 1.10. The van der Waals surface area contributed by atoms with Crippen LogP contribution in [0.5, 0.6) is 0 Å². The molecular weight excluding hydrogens is 293 g/mol. The van der Waals surface area contributed by atoms with E-state index < -0.39 is 0 Å². The zero-order chi connectivity index (χ0) is 12.6. The van der Waals surface area contributed by atoms with Gasteiger partial charge in [0.05, 0.1) is 0 Å². The van der Waals surface area contributed by atoms with E-state index in [0.717, 1.165) is 13.0 Å². The third-order valence-corrected chi connectivity index (χ3v) is 0.289. The maximum Gasteiger partial charge on any atom is 1.00 e. The van der Waals surface area contributed by atoms with Crippen LogP contribution >= 0.6 is 0 Å². The van der Waals surface area contributed by atoms with Crippen LogP contribution in [0.4, 0.5) is 0 Å².